The summed E-state index contributed by atoms with van der Waals surface area (Å²) in [5.41, 5.74) is 0.505. The molecule has 0 saturated carbocycles. The van der Waals surface area contributed by atoms with E-state index in [1.807, 2.05) is 12.1 Å². The second-order valence-electron chi connectivity index (χ2n) is 5.52. The molecule has 1 aromatic heterocycles. The molecule has 1 aliphatic heterocycles. The van der Waals surface area contributed by atoms with Gasteiger partial charge >= 0.3 is 0 Å². The van der Waals surface area contributed by atoms with Crippen LogP contribution < -0.4 is 15.4 Å². The minimum atomic E-state index is -0.140. The first-order valence-corrected chi connectivity index (χ1v) is 7.75. The second kappa shape index (κ2) is 8.65. The van der Waals surface area contributed by atoms with Gasteiger partial charge < -0.3 is 19.9 Å². The van der Waals surface area contributed by atoms with Crippen molar-refractivity contribution in [2.24, 2.45) is 0 Å². The van der Waals surface area contributed by atoms with E-state index in [0.717, 1.165) is 19.4 Å². The summed E-state index contributed by atoms with van der Waals surface area (Å²) in [5.74, 6) is 1.30. The van der Waals surface area contributed by atoms with Gasteiger partial charge in [-0.3, -0.25) is 4.79 Å². The molecule has 0 radical (unpaired) electrons. The first kappa shape index (κ1) is 18.2. The molecule has 0 spiro atoms. The number of carbonyl (C=O) groups excluding carboxylic acids is 1. The van der Waals surface area contributed by atoms with E-state index in [1.54, 1.807) is 19.1 Å². The molecule has 1 amide bonds. The van der Waals surface area contributed by atoms with Gasteiger partial charge in [0.2, 0.25) is 11.7 Å². The maximum Gasteiger partial charge on any atom is 0.255 e. The zero-order valence-corrected chi connectivity index (χ0v) is 14.3. The van der Waals surface area contributed by atoms with Crippen LogP contribution in [0.4, 0.5) is 0 Å². The van der Waals surface area contributed by atoms with Crippen molar-refractivity contribution in [2.45, 2.75) is 32.4 Å². The molecule has 2 heterocycles. The summed E-state index contributed by atoms with van der Waals surface area (Å²) in [4.78, 5) is 16.4. The van der Waals surface area contributed by atoms with Gasteiger partial charge in [-0.1, -0.05) is 17.3 Å². The van der Waals surface area contributed by atoms with Crippen molar-refractivity contribution in [1.29, 1.82) is 0 Å². The molecule has 1 saturated heterocycles. The Morgan fingerprint density at radius 2 is 2.29 bits per heavy atom. The molecule has 8 heteroatoms. The molecule has 24 heavy (non-hydrogen) atoms. The van der Waals surface area contributed by atoms with Gasteiger partial charge in [-0.15, -0.1) is 12.4 Å². The molecule has 1 aromatic carbocycles. The lowest BCUT2D eigenvalue weighted by molar-refractivity contribution is 0.0945. The Bertz CT molecular complexity index is 671. The molecule has 2 N–H and O–H groups in total. The van der Waals surface area contributed by atoms with Crippen molar-refractivity contribution in [3.05, 3.63) is 41.5 Å². The zero-order valence-electron chi connectivity index (χ0n) is 13.4. The van der Waals surface area contributed by atoms with Crippen molar-refractivity contribution < 1.29 is 14.1 Å². The van der Waals surface area contributed by atoms with Crippen LogP contribution in [-0.4, -0.2) is 35.2 Å². The van der Waals surface area contributed by atoms with Crippen LogP contribution >= 0.6 is 12.4 Å². The largest absolute Gasteiger partial charge is 0.485 e. The first-order valence-electron chi connectivity index (χ1n) is 7.75. The monoisotopic (exact) mass is 352 g/mol. The smallest absolute Gasteiger partial charge is 0.255 e. The van der Waals surface area contributed by atoms with Gasteiger partial charge in [0, 0.05) is 19.5 Å². The number of amides is 1. The molecule has 0 bridgehead atoms. The van der Waals surface area contributed by atoms with E-state index >= 15 is 0 Å². The van der Waals surface area contributed by atoms with Crippen LogP contribution in [0.5, 0.6) is 5.75 Å². The Kier molecular flexibility index (Phi) is 6.57. The van der Waals surface area contributed by atoms with E-state index in [2.05, 4.69) is 20.8 Å². The van der Waals surface area contributed by atoms with E-state index in [-0.39, 0.29) is 24.9 Å². The van der Waals surface area contributed by atoms with Crippen LogP contribution in [-0.2, 0) is 6.61 Å². The molecule has 3 rings (SSSR count). The standard InChI is InChI=1S/C16H20N4O3.ClH/c1-11-19-15(20-23-11)10-22-14-7-3-2-6-13(14)16(21)18-9-12-5-4-8-17-12;/h2-3,6-7,12,17H,4-5,8-10H2,1H3,(H,18,21);1H. The SMILES string of the molecule is Cc1nc(COc2ccccc2C(=O)NCC2CCCN2)no1.Cl. The highest BCUT2D eigenvalue weighted by atomic mass is 35.5. The summed E-state index contributed by atoms with van der Waals surface area (Å²) in [6, 6.07) is 7.50. The van der Waals surface area contributed by atoms with E-state index in [4.69, 9.17) is 9.26 Å². The minimum absolute atomic E-state index is 0. The highest BCUT2D eigenvalue weighted by Crippen LogP contribution is 2.19. The maximum atomic E-state index is 12.4. The number of aromatic nitrogens is 2. The van der Waals surface area contributed by atoms with Gasteiger partial charge in [-0.2, -0.15) is 4.98 Å². The van der Waals surface area contributed by atoms with Crippen molar-refractivity contribution in [1.82, 2.24) is 20.8 Å². The second-order valence-corrected chi connectivity index (χ2v) is 5.52. The molecule has 7 nitrogen and oxygen atoms in total. The lowest BCUT2D eigenvalue weighted by Gasteiger charge is -2.13. The summed E-state index contributed by atoms with van der Waals surface area (Å²) < 4.78 is 10.6. The fourth-order valence-corrected chi connectivity index (χ4v) is 2.56. The van der Waals surface area contributed by atoms with Gasteiger partial charge in [-0.05, 0) is 31.5 Å². The predicted octanol–water partition coefficient (Wildman–Crippen LogP) is 1.86. The molecule has 1 aliphatic rings. The number of halogens is 1. The van der Waals surface area contributed by atoms with Crippen LogP contribution in [0.3, 0.4) is 0 Å². The topological polar surface area (TPSA) is 89.3 Å². The number of ether oxygens (including phenoxy) is 1. The average Bonchev–Trinajstić information content (AvgIpc) is 3.22. The van der Waals surface area contributed by atoms with Gasteiger partial charge in [0.15, 0.2) is 6.61 Å². The number of nitrogens with one attached hydrogen (secondary N) is 2. The van der Waals surface area contributed by atoms with Crippen LogP contribution in [0.25, 0.3) is 0 Å². The van der Waals surface area contributed by atoms with E-state index in [1.165, 1.54) is 0 Å². The Labute approximate surface area is 146 Å². The molecule has 1 fully saturated rings. The van der Waals surface area contributed by atoms with Crippen LogP contribution in [0, 0.1) is 6.92 Å². The maximum absolute atomic E-state index is 12.4. The minimum Gasteiger partial charge on any atom is -0.485 e. The zero-order chi connectivity index (χ0) is 16.1. The van der Waals surface area contributed by atoms with Crippen molar-refractivity contribution in [3.8, 4) is 5.75 Å². The third-order valence-electron chi connectivity index (χ3n) is 3.73. The third-order valence-corrected chi connectivity index (χ3v) is 3.73. The van der Waals surface area contributed by atoms with E-state index in [9.17, 15) is 4.79 Å². The number of nitrogens with zero attached hydrogens (tertiary/aromatic N) is 2. The van der Waals surface area contributed by atoms with Gasteiger partial charge in [0.05, 0.1) is 5.56 Å². The summed E-state index contributed by atoms with van der Waals surface area (Å²) in [6.45, 7) is 3.52. The van der Waals surface area contributed by atoms with Crippen LogP contribution in [0.2, 0.25) is 0 Å². The van der Waals surface area contributed by atoms with Crippen molar-refractivity contribution >= 4 is 18.3 Å². The fourth-order valence-electron chi connectivity index (χ4n) is 2.56. The lowest BCUT2D eigenvalue weighted by atomic mass is 10.1. The Balaban J connectivity index is 0.00000208. The summed E-state index contributed by atoms with van der Waals surface area (Å²) in [6.07, 6.45) is 2.25. The predicted molar refractivity (Wildman–Crippen MR) is 90.4 cm³/mol. The fraction of sp³-hybridized carbons (Fsp3) is 0.438. The van der Waals surface area contributed by atoms with Crippen molar-refractivity contribution in [3.63, 3.8) is 0 Å². The Morgan fingerprint density at radius 1 is 1.46 bits per heavy atom. The quantitative estimate of drug-likeness (QED) is 0.824. The lowest BCUT2D eigenvalue weighted by Crippen LogP contribution is -2.37. The third kappa shape index (κ3) is 4.69. The number of hydrogen-bond acceptors (Lipinski definition) is 6. The van der Waals surface area contributed by atoms with E-state index in [0.29, 0.717) is 35.6 Å². The highest BCUT2D eigenvalue weighted by molar-refractivity contribution is 5.96. The first-order chi connectivity index (χ1) is 11.2. The van der Waals surface area contributed by atoms with Crippen LogP contribution in [0.15, 0.2) is 28.8 Å². The number of carbonyl (C=O) groups is 1. The van der Waals surface area contributed by atoms with E-state index < -0.39 is 0 Å². The molecule has 0 aliphatic carbocycles. The molecular formula is C16H21ClN4O3. The number of benzene rings is 1. The number of rotatable bonds is 6. The molecule has 130 valence electrons. The van der Waals surface area contributed by atoms with Gasteiger partial charge in [0.1, 0.15) is 5.75 Å². The number of hydrogen-bond donors (Lipinski definition) is 2. The van der Waals surface area contributed by atoms with Crippen LogP contribution in [0.1, 0.15) is 34.9 Å². The summed E-state index contributed by atoms with van der Waals surface area (Å²) >= 11 is 0. The number of para-hydroxylation sites is 1. The molecular weight excluding hydrogens is 332 g/mol. The molecule has 1 unspecified atom stereocenters. The van der Waals surface area contributed by atoms with Gasteiger partial charge in [-0.25, -0.2) is 0 Å². The Morgan fingerprint density at radius 3 is 3.00 bits per heavy atom. The highest BCUT2D eigenvalue weighted by Gasteiger charge is 2.17. The van der Waals surface area contributed by atoms with Crippen molar-refractivity contribution in [2.75, 3.05) is 13.1 Å². The normalized spacial score (nSPS) is 16.5. The Hall–Kier alpha value is -2.12. The van der Waals surface area contributed by atoms with Gasteiger partial charge in [0.25, 0.3) is 5.91 Å². The molecule has 2 aromatic rings. The summed E-state index contributed by atoms with van der Waals surface area (Å²) in [7, 11) is 0. The summed E-state index contributed by atoms with van der Waals surface area (Å²) in [5, 5.41) is 10.1. The average molecular weight is 353 g/mol. The number of aryl methyl sites for hydroxylation is 1. The molecule has 1 atom stereocenters.